The van der Waals surface area contributed by atoms with Crippen molar-refractivity contribution in [1.82, 2.24) is 14.9 Å². The Morgan fingerprint density at radius 1 is 1.13 bits per heavy atom. The van der Waals surface area contributed by atoms with Gasteiger partial charge < -0.3 is 19.5 Å². The van der Waals surface area contributed by atoms with E-state index in [1.807, 2.05) is 29.2 Å². The molecular weight excluding hydrogens is 292 g/mol. The number of benzene rings is 1. The summed E-state index contributed by atoms with van der Waals surface area (Å²) in [7, 11) is 0. The molecule has 2 aliphatic rings. The minimum atomic E-state index is 0.154. The van der Waals surface area contributed by atoms with Crippen LogP contribution in [0.5, 0.6) is 0 Å². The Labute approximate surface area is 135 Å². The number of carbonyl (C=O) groups is 1. The Hall–Kier alpha value is -2.08. The number of imidazole rings is 1. The van der Waals surface area contributed by atoms with Gasteiger partial charge >= 0.3 is 0 Å². The third kappa shape index (κ3) is 2.91. The monoisotopic (exact) mass is 314 g/mol. The normalized spacial score (nSPS) is 20.2. The number of H-pyrrole nitrogens is 1. The molecule has 0 aliphatic carbocycles. The molecule has 0 saturated carbocycles. The average molecular weight is 314 g/mol. The van der Waals surface area contributed by atoms with E-state index in [0.29, 0.717) is 5.91 Å². The van der Waals surface area contributed by atoms with E-state index < -0.39 is 0 Å². The molecule has 2 aromatic rings. The van der Waals surface area contributed by atoms with E-state index in [1.165, 1.54) is 0 Å². The molecule has 122 valence electrons. The minimum Gasteiger partial charge on any atom is -0.381 e. The van der Waals surface area contributed by atoms with Crippen LogP contribution in [0.25, 0.3) is 11.0 Å². The first-order valence-electron chi connectivity index (χ1n) is 8.37. The lowest BCUT2D eigenvalue weighted by molar-refractivity contribution is -0.138. The van der Waals surface area contributed by atoms with Crippen molar-refractivity contribution in [3.63, 3.8) is 0 Å². The largest absolute Gasteiger partial charge is 0.381 e. The van der Waals surface area contributed by atoms with Crippen LogP contribution in [-0.2, 0) is 9.53 Å². The molecule has 1 aromatic heterocycles. The maximum Gasteiger partial charge on any atom is 0.225 e. The SMILES string of the molecule is O=C(C1CCOCC1)N1CCN(c2nc3ccccc3[nH]2)CC1. The van der Waals surface area contributed by atoms with Crippen LogP contribution in [0.4, 0.5) is 5.95 Å². The Bertz CT molecular complexity index is 652. The molecule has 0 unspecified atom stereocenters. The van der Waals surface area contributed by atoms with Crippen LogP contribution in [0.1, 0.15) is 12.8 Å². The molecule has 3 heterocycles. The van der Waals surface area contributed by atoms with Crippen LogP contribution in [0.3, 0.4) is 0 Å². The molecule has 0 radical (unpaired) electrons. The lowest BCUT2D eigenvalue weighted by Crippen LogP contribution is -2.51. The van der Waals surface area contributed by atoms with Gasteiger partial charge in [-0.25, -0.2) is 4.98 Å². The summed E-state index contributed by atoms with van der Waals surface area (Å²) in [6.45, 7) is 4.63. The number of nitrogens with one attached hydrogen (secondary N) is 1. The zero-order valence-corrected chi connectivity index (χ0v) is 13.2. The zero-order chi connectivity index (χ0) is 15.6. The number of amides is 1. The summed E-state index contributed by atoms with van der Waals surface area (Å²) >= 11 is 0. The molecule has 4 rings (SSSR count). The lowest BCUT2D eigenvalue weighted by atomic mass is 9.98. The summed E-state index contributed by atoms with van der Waals surface area (Å²) in [5.74, 6) is 1.36. The first-order chi connectivity index (χ1) is 11.3. The third-order valence-electron chi connectivity index (χ3n) is 4.84. The van der Waals surface area contributed by atoms with Gasteiger partial charge in [-0.05, 0) is 25.0 Å². The van der Waals surface area contributed by atoms with Crippen LogP contribution < -0.4 is 4.90 Å². The molecule has 0 spiro atoms. The fourth-order valence-corrected chi connectivity index (χ4v) is 3.43. The van der Waals surface area contributed by atoms with Crippen molar-refractivity contribution in [2.24, 2.45) is 5.92 Å². The molecule has 23 heavy (non-hydrogen) atoms. The number of hydrogen-bond donors (Lipinski definition) is 1. The van der Waals surface area contributed by atoms with Crippen molar-refractivity contribution < 1.29 is 9.53 Å². The summed E-state index contributed by atoms with van der Waals surface area (Å²) in [6, 6.07) is 8.06. The predicted molar refractivity (Wildman–Crippen MR) is 88.4 cm³/mol. The molecule has 1 amide bonds. The Balaban J connectivity index is 1.39. The van der Waals surface area contributed by atoms with Crippen molar-refractivity contribution in [3.8, 4) is 0 Å². The molecule has 1 aromatic carbocycles. The van der Waals surface area contributed by atoms with E-state index >= 15 is 0 Å². The molecular formula is C17H22N4O2. The van der Waals surface area contributed by atoms with Crippen molar-refractivity contribution in [2.75, 3.05) is 44.3 Å². The highest BCUT2D eigenvalue weighted by Crippen LogP contribution is 2.21. The summed E-state index contributed by atoms with van der Waals surface area (Å²) in [5, 5.41) is 0. The van der Waals surface area contributed by atoms with Crippen LogP contribution >= 0.6 is 0 Å². The highest BCUT2D eigenvalue weighted by atomic mass is 16.5. The summed E-state index contributed by atoms with van der Waals surface area (Å²) < 4.78 is 5.35. The smallest absolute Gasteiger partial charge is 0.225 e. The van der Waals surface area contributed by atoms with Gasteiger partial charge in [0.05, 0.1) is 11.0 Å². The number of anilines is 1. The first kappa shape index (κ1) is 14.5. The number of carbonyl (C=O) groups excluding carboxylic acids is 1. The number of aromatic nitrogens is 2. The minimum absolute atomic E-state index is 0.154. The van der Waals surface area contributed by atoms with E-state index in [4.69, 9.17) is 4.74 Å². The van der Waals surface area contributed by atoms with Gasteiger partial charge in [-0.3, -0.25) is 4.79 Å². The number of nitrogens with zero attached hydrogens (tertiary/aromatic N) is 3. The average Bonchev–Trinajstić information content (AvgIpc) is 3.06. The highest BCUT2D eigenvalue weighted by Gasteiger charge is 2.29. The van der Waals surface area contributed by atoms with Crippen molar-refractivity contribution >= 4 is 22.9 Å². The molecule has 6 heteroatoms. The van der Waals surface area contributed by atoms with Crippen molar-refractivity contribution in [2.45, 2.75) is 12.8 Å². The van der Waals surface area contributed by atoms with Gasteiger partial charge in [-0.1, -0.05) is 12.1 Å². The second-order valence-corrected chi connectivity index (χ2v) is 6.28. The van der Waals surface area contributed by atoms with E-state index in [-0.39, 0.29) is 5.92 Å². The lowest BCUT2D eigenvalue weighted by Gasteiger charge is -2.37. The Morgan fingerprint density at radius 2 is 1.87 bits per heavy atom. The van der Waals surface area contributed by atoms with Gasteiger partial charge in [0.25, 0.3) is 0 Å². The quantitative estimate of drug-likeness (QED) is 0.915. The second-order valence-electron chi connectivity index (χ2n) is 6.28. The van der Waals surface area contributed by atoms with Gasteiger partial charge in [0.1, 0.15) is 0 Å². The number of aromatic amines is 1. The summed E-state index contributed by atoms with van der Waals surface area (Å²) in [4.78, 5) is 24.8. The van der Waals surface area contributed by atoms with Crippen LogP contribution in [0.2, 0.25) is 0 Å². The fourth-order valence-electron chi connectivity index (χ4n) is 3.43. The third-order valence-corrected chi connectivity index (χ3v) is 4.84. The maximum absolute atomic E-state index is 12.6. The van der Waals surface area contributed by atoms with Gasteiger partial charge in [-0.2, -0.15) is 0 Å². The number of fused-ring (bicyclic) bond motifs is 1. The second kappa shape index (κ2) is 6.20. The highest BCUT2D eigenvalue weighted by molar-refractivity contribution is 5.79. The standard InChI is InChI=1S/C17H22N4O2/c22-16(13-5-11-23-12-6-13)20-7-9-21(10-8-20)17-18-14-3-1-2-4-15(14)19-17/h1-4,13H,5-12H2,(H,18,19). The molecule has 0 bridgehead atoms. The summed E-state index contributed by atoms with van der Waals surface area (Å²) in [5.41, 5.74) is 2.05. The maximum atomic E-state index is 12.6. The molecule has 1 N–H and O–H groups in total. The van der Waals surface area contributed by atoms with Gasteiger partial charge in [-0.15, -0.1) is 0 Å². The first-order valence-corrected chi connectivity index (χ1v) is 8.37. The number of ether oxygens (including phenoxy) is 1. The zero-order valence-electron chi connectivity index (χ0n) is 13.2. The van der Waals surface area contributed by atoms with Crippen molar-refractivity contribution in [1.29, 1.82) is 0 Å². The van der Waals surface area contributed by atoms with Crippen LogP contribution in [0, 0.1) is 5.92 Å². The molecule has 2 saturated heterocycles. The van der Waals surface area contributed by atoms with E-state index in [9.17, 15) is 4.79 Å². The van der Waals surface area contributed by atoms with Gasteiger partial charge in [0.15, 0.2) is 0 Å². The fraction of sp³-hybridized carbons (Fsp3) is 0.529. The molecule has 2 fully saturated rings. The van der Waals surface area contributed by atoms with Crippen molar-refractivity contribution in [3.05, 3.63) is 24.3 Å². The molecule has 6 nitrogen and oxygen atoms in total. The van der Waals surface area contributed by atoms with E-state index in [1.54, 1.807) is 0 Å². The van der Waals surface area contributed by atoms with Gasteiger partial charge in [0.2, 0.25) is 11.9 Å². The van der Waals surface area contributed by atoms with Crippen LogP contribution in [0.15, 0.2) is 24.3 Å². The van der Waals surface area contributed by atoms with E-state index in [0.717, 1.165) is 69.2 Å². The number of piperazine rings is 1. The Kier molecular flexibility index (Phi) is 3.91. The van der Waals surface area contributed by atoms with Gasteiger partial charge in [0, 0.05) is 45.3 Å². The van der Waals surface area contributed by atoms with E-state index in [2.05, 4.69) is 14.9 Å². The van der Waals surface area contributed by atoms with Crippen LogP contribution in [-0.4, -0.2) is 60.2 Å². The molecule has 0 atom stereocenters. The number of hydrogen-bond acceptors (Lipinski definition) is 4. The Morgan fingerprint density at radius 3 is 2.61 bits per heavy atom. The topological polar surface area (TPSA) is 61.5 Å². The summed E-state index contributed by atoms with van der Waals surface area (Å²) in [6.07, 6.45) is 1.73. The predicted octanol–water partition coefficient (Wildman–Crippen LogP) is 1.64. The molecule has 2 aliphatic heterocycles. The number of rotatable bonds is 2. The number of para-hydroxylation sites is 2.